The highest BCUT2D eigenvalue weighted by atomic mass is 29.3. The first-order valence-corrected chi connectivity index (χ1v) is 13.1. The quantitative estimate of drug-likeness (QED) is 0.465. The van der Waals surface area contributed by atoms with Gasteiger partial charge in [-0.15, -0.1) is 0 Å². The van der Waals surface area contributed by atoms with E-state index in [1.54, 1.807) is 0 Å². The lowest BCUT2D eigenvalue weighted by molar-refractivity contribution is -0.0185. The van der Waals surface area contributed by atoms with Gasteiger partial charge in [0.1, 0.15) is 0 Å². The maximum absolute atomic E-state index is 6.26. The molecule has 8 heteroatoms. The third-order valence-electron chi connectivity index (χ3n) is 2.55. The van der Waals surface area contributed by atoms with Gasteiger partial charge in [0.25, 0.3) is 0 Å². The highest BCUT2D eigenvalue weighted by Gasteiger charge is 2.73. The molecule has 0 aromatic carbocycles. The van der Waals surface area contributed by atoms with Crippen molar-refractivity contribution in [1.82, 2.24) is 0 Å². The average Bonchev–Trinajstić information content (AvgIpc) is 2.36. The monoisotopic (exact) mass is 368 g/mol. The van der Waals surface area contributed by atoms with E-state index in [0.717, 1.165) is 0 Å². The van der Waals surface area contributed by atoms with Crippen LogP contribution in [0, 0.1) is 0 Å². The van der Waals surface area contributed by atoms with E-state index in [2.05, 4.69) is 0 Å². The fourth-order valence-corrected chi connectivity index (χ4v) is 12.9. The van der Waals surface area contributed by atoms with E-state index in [1.165, 1.54) is 0 Å². The highest BCUT2D eigenvalue weighted by Crippen LogP contribution is 2.31. The Kier molecular flexibility index (Phi) is 11.0. The summed E-state index contributed by atoms with van der Waals surface area (Å²) in [5.41, 5.74) is 0. The molecule has 0 radical (unpaired) electrons. The Bertz CT molecular complexity index is 269. The van der Waals surface area contributed by atoms with Gasteiger partial charge >= 0.3 is 16.6 Å². The molecule has 0 saturated heterocycles. The Balaban J connectivity index is 6.08. The molecule has 23 heavy (non-hydrogen) atoms. The van der Waals surface area contributed by atoms with E-state index in [9.17, 15) is 0 Å². The van der Waals surface area contributed by atoms with Crippen molar-refractivity contribution < 1.29 is 26.6 Å². The van der Waals surface area contributed by atoms with Gasteiger partial charge in [-0.25, -0.2) is 0 Å². The summed E-state index contributed by atoms with van der Waals surface area (Å²) in [5, 5.41) is 0. The van der Waals surface area contributed by atoms with Crippen molar-refractivity contribution in [2.24, 2.45) is 0 Å². The predicted molar refractivity (Wildman–Crippen MR) is 95.0 cm³/mol. The Labute approximate surface area is 144 Å². The van der Waals surface area contributed by atoms with Crippen molar-refractivity contribution in [3.63, 3.8) is 0 Å². The zero-order chi connectivity index (χ0) is 18.1. The molecular formula is C15H36O6Si2. The van der Waals surface area contributed by atoms with Crippen LogP contribution in [0.2, 0.25) is 0 Å². The van der Waals surface area contributed by atoms with Crippen LogP contribution in [-0.4, -0.2) is 54.8 Å². The van der Waals surface area contributed by atoms with Gasteiger partial charge in [-0.05, 0) is 62.3 Å². The molecule has 140 valence electrons. The molecule has 0 rings (SSSR count). The van der Waals surface area contributed by atoms with Gasteiger partial charge in [-0.3, -0.25) is 0 Å². The second-order valence-corrected chi connectivity index (χ2v) is 13.4. The zero-order valence-electron chi connectivity index (χ0n) is 16.3. The minimum Gasteiger partial charge on any atom is -0.371 e. The van der Waals surface area contributed by atoms with Crippen LogP contribution < -0.4 is 0 Å². The molecule has 0 spiro atoms. The summed E-state index contributed by atoms with van der Waals surface area (Å²) in [7, 11) is -6.65. The largest absolute Gasteiger partial charge is 0.578 e. The summed E-state index contributed by atoms with van der Waals surface area (Å²) in [6.45, 7) is 18.8. The third kappa shape index (κ3) is 6.91. The molecule has 0 aromatic rings. The van der Waals surface area contributed by atoms with Crippen molar-refractivity contribution in [3.8, 4) is 0 Å². The Morgan fingerprint density at radius 3 is 0.957 bits per heavy atom. The molecule has 0 bridgehead atoms. The van der Waals surface area contributed by atoms with Gasteiger partial charge in [-0.1, -0.05) is 0 Å². The van der Waals surface area contributed by atoms with E-state index in [-0.39, 0.29) is 18.3 Å². The molecule has 6 nitrogen and oxygen atoms in total. The normalized spacial score (nSPS) is 13.6. The van der Waals surface area contributed by atoms with Crippen LogP contribution in [0.3, 0.4) is 0 Å². The van der Waals surface area contributed by atoms with E-state index in [4.69, 9.17) is 26.6 Å². The van der Waals surface area contributed by atoms with E-state index in [1.807, 2.05) is 62.3 Å². The first-order chi connectivity index (χ1) is 10.7. The average molecular weight is 369 g/mol. The van der Waals surface area contributed by atoms with Crippen LogP contribution in [0.1, 0.15) is 62.3 Å². The molecule has 0 atom stereocenters. The molecule has 0 heterocycles. The van der Waals surface area contributed by atoms with Crippen LogP contribution in [0.4, 0.5) is 0 Å². The van der Waals surface area contributed by atoms with Crippen LogP contribution >= 0.6 is 0 Å². The lowest BCUT2D eigenvalue weighted by Crippen LogP contribution is -2.75. The van der Waals surface area contributed by atoms with E-state index >= 15 is 0 Å². The second kappa shape index (κ2) is 10.9. The fourth-order valence-electron chi connectivity index (χ4n) is 2.19. The molecule has 0 N–H and O–H groups in total. The Hall–Kier alpha value is 0.194. The van der Waals surface area contributed by atoms with Crippen molar-refractivity contribution >= 4 is 16.6 Å². The molecule has 0 aliphatic rings. The maximum Gasteiger partial charge on any atom is 0.578 e. The lowest BCUT2D eigenvalue weighted by Gasteiger charge is -2.42. The van der Waals surface area contributed by atoms with Crippen molar-refractivity contribution in [3.05, 3.63) is 0 Å². The second-order valence-electron chi connectivity index (χ2n) is 5.91. The van der Waals surface area contributed by atoms with Crippen LogP contribution in [0.25, 0.3) is 0 Å². The van der Waals surface area contributed by atoms with Crippen molar-refractivity contribution in [2.75, 3.05) is 19.8 Å². The van der Waals surface area contributed by atoms with Crippen molar-refractivity contribution in [1.29, 1.82) is 0 Å². The summed E-state index contributed by atoms with van der Waals surface area (Å²) in [6, 6.07) is 0. The molecule has 0 fully saturated rings. The standard InChI is InChI=1S/C15H36O6Si2/c1-10-16-22(17-11-2,18-12-3)23(19-13(4)5,20-14(6)7)21-15(8)9/h13-15H,10-12H2,1-9H3. The topological polar surface area (TPSA) is 55.4 Å². The number of hydrogen-bond acceptors (Lipinski definition) is 6. The molecule has 0 aromatic heterocycles. The summed E-state index contributed by atoms with van der Waals surface area (Å²) >= 11 is 0. The van der Waals surface area contributed by atoms with Crippen LogP contribution in [0.15, 0.2) is 0 Å². The minimum atomic E-state index is -3.36. The molecule has 0 unspecified atom stereocenters. The molecule has 0 saturated carbocycles. The number of hydrogen-bond donors (Lipinski definition) is 0. The SMILES string of the molecule is CCO[Si](OCC)(OCC)[Si](OC(C)C)(OC(C)C)OC(C)C. The molecular weight excluding hydrogens is 332 g/mol. The zero-order valence-corrected chi connectivity index (χ0v) is 18.3. The van der Waals surface area contributed by atoms with Gasteiger partial charge in [0, 0.05) is 38.1 Å². The summed E-state index contributed by atoms with van der Waals surface area (Å²) in [4.78, 5) is 0. The first kappa shape index (κ1) is 23.2. The van der Waals surface area contributed by atoms with Gasteiger partial charge in [0.05, 0.1) is 0 Å². The first-order valence-electron chi connectivity index (χ1n) is 8.63. The fraction of sp³-hybridized carbons (Fsp3) is 1.00. The van der Waals surface area contributed by atoms with Gasteiger partial charge in [-0.2, -0.15) is 0 Å². The van der Waals surface area contributed by atoms with Gasteiger partial charge < -0.3 is 26.6 Å². The summed E-state index contributed by atoms with van der Waals surface area (Å²) in [6.07, 6.45) is -0.271. The Morgan fingerprint density at radius 2 is 0.783 bits per heavy atom. The predicted octanol–water partition coefficient (Wildman–Crippen LogP) is 3.33. The Morgan fingerprint density at radius 1 is 0.522 bits per heavy atom. The van der Waals surface area contributed by atoms with E-state index in [0.29, 0.717) is 19.8 Å². The third-order valence-corrected chi connectivity index (χ3v) is 12.3. The van der Waals surface area contributed by atoms with Gasteiger partial charge in [0.15, 0.2) is 0 Å². The highest BCUT2D eigenvalue weighted by molar-refractivity contribution is 7.26. The lowest BCUT2D eigenvalue weighted by atomic mass is 10.5. The molecule has 0 aliphatic heterocycles. The summed E-state index contributed by atoms with van der Waals surface area (Å²) < 4.78 is 37.0. The molecule has 0 amide bonds. The maximum atomic E-state index is 6.26. The van der Waals surface area contributed by atoms with Gasteiger partial charge in [0.2, 0.25) is 0 Å². The van der Waals surface area contributed by atoms with Crippen LogP contribution in [0.5, 0.6) is 0 Å². The minimum absolute atomic E-state index is 0.0904. The molecule has 0 aliphatic carbocycles. The van der Waals surface area contributed by atoms with E-state index < -0.39 is 16.6 Å². The number of rotatable bonds is 13. The summed E-state index contributed by atoms with van der Waals surface area (Å²) in [5.74, 6) is 0. The van der Waals surface area contributed by atoms with Crippen LogP contribution in [-0.2, 0) is 26.6 Å². The smallest absolute Gasteiger partial charge is 0.371 e. The van der Waals surface area contributed by atoms with Crippen molar-refractivity contribution in [2.45, 2.75) is 80.6 Å².